The Morgan fingerprint density at radius 2 is 2.29 bits per heavy atom. The van der Waals surface area contributed by atoms with E-state index in [0.717, 1.165) is 0 Å². The Hall–Kier alpha value is -0.600. The zero-order valence-corrected chi connectivity index (χ0v) is 9.32. The van der Waals surface area contributed by atoms with E-state index in [1.807, 2.05) is 0 Å². The molecule has 0 saturated heterocycles. The summed E-state index contributed by atoms with van der Waals surface area (Å²) in [6.07, 6.45) is 2.40. The number of terminal acetylenes is 1. The minimum absolute atomic E-state index is 0.0888. The van der Waals surface area contributed by atoms with Gasteiger partial charge >= 0.3 is 0 Å². The second-order valence-corrected chi connectivity index (χ2v) is 3.37. The maximum Gasteiger partial charge on any atom is 0.282 e. The smallest absolute Gasteiger partial charge is 0.241 e. The summed E-state index contributed by atoms with van der Waals surface area (Å²) in [6.45, 7) is 0.0888. The molecule has 76 valence electrons. The molecule has 1 rings (SSSR count). The molecule has 1 heterocycles. The highest BCUT2D eigenvalue weighted by molar-refractivity contribution is 9.08. The normalized spacial score (nSPS) is 10.6. The molecule has 0 unspecified atom stereocenters. The largest absolute Gasteiger partial charge is 0.282 e. The molecule has 0 bridgehead atoms. The van der Waals surface area contributed by atoms with Gasteiger partial charge in [-0.15, -0.1) is 6.42 Å². The average Bonchev–Trinajstić information content (AvgIpc) is 2.44. The van der Waals surface area contributed by atoms with Crippen molar-refractivity contribution in [1.82, 2.24) is 9.78 Å². The van der Waals surface area contributed by atoms with E-state index < -0.39 is 6.43 Å². The third-order valence-corrected chi connectivity index (χ3v) is 2.58. The van der Waals surface area contributed by atoms with Crippen LogP contribution in [0.4, 0.5) is 8.78 Å². The van der Waals surface area contributed by atoms with Gasteiger partial charge in [0.25, 0.3) is 6.43 Å². The molecular weight excluding hydrogens is 277 g/mol. The second-order valence-electron chi connectivity index (χ2n) is 2.45. The third-order valence-electron chi connectivity index (χ3n) is 1.59. The van der Waals surface area contributed by atoms with Crippen molar-refractivity contribution in [2.24, 2.45) is 0 Å². The molecule has 0 saturated carbocycles. The van der Waals surface area contributed by atoms with E-state index in [1.54, 1.807) is 0 Å². The molecule has 0 aliphatic carbocycles. The number of hydrogen-bond donors (Lipinski definition) is 0. The van der Waals surface area contributed by atoms with Crippen molar-refractivity contribution in [3.63, 3.8) is 0 Å². The fraction of sp³-hybridized carbons (Fsp3) is 0.375. The minimum Gasteiger partial charge on any atom is -0.241 e. The molecule has 1 aromatic heterocycles. The molecule has 0 fully saturated rings. The van der Waals surface area contributed by atoms with Crippen LogP contribution in [0.15, 0.2) is 0 Å². The molecular formula is C8H6BrClF2N2. The molecule has 1 aromatic rings. The van der Waals surface area contributed by atoms with Crippen molar-refractivity contribution in [2.45, 2.75) is 18.3 Å². The average molecular weight is 284 g/mol. The number of nitrogens with zero attached hydrogens (tertiary/aromatic N) is 2. The van der Waals surface area contributed by atoms with Gasteiger partial charge in [0.05, 0.1) is 0 Å². The van der Waals surface area contributed by atoms with Gasteiger partial charge in [-0.05, 0) is 0 Å². The second kappa shape index (κ2) is 4.76. The van der Waals surface area contributed by atoms with Gasteiger partial charge in [-0.25, -0.2) is 13.5 Å². The van der Waals surface area contributed by atoms with Gasteiger partial charge in [0.1, 0.15) is 17.4 Å². The van der Waals surface area contributed by atoms with E-state index in [9.17, 15) is 8.78 Å². The first-order chi connectivity index (χ1) is 6.61. The Balaban J connectivity index is 3.19. The van der Waals surface area contributed by atoms with E-state index >= 15 is 0 Å². The summed E-state index contributed by atoms with van der Waals surface area (Å²) in [7, 11) is 0. The lowest BCUT2D eigenvalue weighted by molar-refractivity contribution is 0.144. The Kier molecular flexibility index (Phi) is 3.90. The first kappa shape index (κ1) is 11.5. The molecule has 0 amide bonds. The zero-order valence-electron chi connectivity index (χ0n) is 6.98. The molecule has 0 aliphatic heterocycles. The van der Waals surface area contributed by atoms with Crippen LogP contribution in [-0.4, -0.2) is 9.78 Å². The summed E-state index contributed by atoms with van der Waals surface area (Å²) in [4.78, 5) is 0. The highest BCUT2D eigenvalue weighted by Gasteiger charge is 2.21. The highest BCUT2D eigenvalue weighted by Crippen LogP contribution is 2.29. The SMILES string of the molecule is C#CCn1nc(C(F)F)c(CBr)c1Cl. The van der Waals surface area contributed by atoms with E-state index in [4.69, 9.17) is 18.0 Å². The van der Waals surface area contributed by atoms with E-state index in [-0.39, 0.29) is 28.3 Å². The van der Waals surface area contributed by atoms with E-state index in [1.165, 1.54) is 4.68 Å². The number of rotatable bonds is 3. The standard InChI is InChI=1S/C8H6BrClF2N2/c1-2-3-14-7(10)5(4-9)6(13-14)8(11)12/h1,8H,3-4H2. The van der Waals surface area contributed by atoms with Crippen LogP contribution in [0.1, 0.15) is 17.7 Å². The van der Waals surface area contributed by atoms with Crippen molar-refractivity contribution in [3.8, 4) is 12.3 Å². The topological polar surface area (TPSA) is 17.8 Å². The molecule has 14 heavy (non-hydrogen) atoms. The minimum atomic E-state index is -2.64. The quantitative estimate of drug-likeness (QED) is 0.616. The predicted octanol–water partition coefficient (Wildman–Crippen LogP) is 3.00. The molecule has 0 aromatic carbocycles. The number of hydrogen-bond acceptors (Lipinski definition) is 1. The van der Waals surface area contributed by atoms with Crippen molar-refractivity contribution in [1.29, 1.82) is 0 Å². The summed E-state index contributed by atoms with van der Waals surface area (Å²) in [5.74, 6) is 2.28. The number of aromatic nitrogens is 2. The predicted molar refractivity (Wildman–Crippen MR) is 53.7 cm³/mol. The maximum absolute atomic E-state index is 12.4. The van der Waals surface area contributed by atoms with Gasteiger partial charge in [0, 0.05) is 10.9 Å². The van der Waals surface area contributed by atoms with Gasteiger partial charge in [-0.1, -0.05) is 33.5 Å². The molecule has 2 nitrogen and oxygen atoms in total. The van der Waals surface area contributed by atoms with Crippen LogP contribution in [0.25, 0.3) is 0 Å². The summed E-state index contributed by atoms with van der Waals surface area (Å²) >= 11 is 8.86. The molecule has 0 radical (unpaired) electrons. The Morgan fingerprint density at radius 3 is 2.64 bits per heavy atom. The lowest BCUT2D eigenvalue weighted by Gasteiger charge is -1.95. The summed E-state index contributed by atoms with van der Waals surface area (Å²) in [5.41, 5.74) is -0.0287. The molecule has 0 aliphatic rings. The summed E-state index contributed by atoms with van der Waals surface area (Å²) in [5, 5.41) is 4.03. The highest BCUT2D eigenvalue weighted by atomic mass is 79.9. The van der Waals surface area contributed by atoms with Crippen LogP contribution in [0.2, 0.25) is 5.15 Å². The van der Waals surface area contributed by atoms with E-state index in [0.29, 0.717) is 0 Å². The van der Waals surface area contributed by atoms with Crippen LogP contribution in [0.5, 0.6) is 0 Å². The van der Waals surface area contributed by atoms with Gasteiger partial charge in [-0.3, -0.25) is 0 Å². The maximum atomic E-state index is 12.4. The Bertz CT molecular complexity index is 370. The van der Waals surface area contributed by atoms with Crippen LogP contribution < -0.4 is 0 Å². The van der Waals surface area contributed by atoms with Gasteiger partial charge in [0.2, 0.25) is 0 Å². The third kappa shape index (κ3) is 2.07. The van der Waals surface area contributed by atoms with Crippen LogP contribution in [0.3, 0.4) is 0 Å². The number of alkyl halides is 3. The first-order valence-corrected chi connectivity index (χ1v) is 5.14. The zero-order chi connectivity index (χ0) is 10.7. The van der Waals surface area contributed by atoms with Gasteiger partial charge in [-0.2, -0.15) is 5.10 Å². The van der Waals surface area contributed by atoms with Crippen molar-refractivity contribution in [3.05, 3.63) is 16.4 Å². The van der Waals surface area contributed by atoms with Crippen molar-refractivity contribution in [2.75, 3.05) is 0 Å². The van der Waals surface area contributed by atoms with Crippen molar-refractivity contribution >= 4 is 27.5 Å². The van der Waals surface area contributed by atoms with Crippen molar-refractivity contribution < 1.29 is 8.78 Å². The van der Waals surface area contributed by atoms with Gasteiger partial charge in [0.15, 0.2) is 0 Å². The molecule has 6 heteroatoms. The van der Waals surface area contributed by atoms with Crippen LogP contribution in [0, 0.1) is 12.3 Å². The van der Waals surface area contributed by atoms with Crippen LogP contribution >= 0.6 is 27.5 Å². The Morgan fingerprint density at radius 1 is 1.64 bits per heavy atom. The first-order valence-electron chi connectivity index (χ1n) is 3.64. The van der Waals surface area contributed by atoms with Crippen LogP contribution in [-0.2, 0) is 11.9 Å². The monoisotopic (exact) mass is 282 g/mol. The lowest BCUT2D eigenvalue weighted by atomic mass is 10.3. The Labute approximate surface area is 93.4 Å². The van der Waals surface area contributed by atoms with E-state index in [2.05, 4.69) is 26.9 Å². The molecule has 0 atom stereocenters. The fourth-order valence-electron chi connectivity index (χ4n) is 0.986. The number of halogens is 4. The lowest BCUT2D eigenvalue weighted by Crippen LogP contribution is -1.98. The summed E-state index contributed by atoms with van der Waals surface area (Å²) in [6, 6.07) is 0. The fourth-order valence-corrected chi connectivity index (χ4v) is 1.96. The molecule has 0 spiro atoms. The summed E-state index contributed by atoms with van der Waals surface area (Å²) < 4.78 is 26.1. The van der Waals surface area contributed by atoms with Gasteiger partial charge < -0.3 is 0 Å². The molecule has 0 N–H and O–H groups in total.